The Kier molecular flexibility index (Phi) is 7.67. The third-order valence-electron chi connectivity index (χ3n) is 8.15. The highest BCUT2D eigenvalue weighted by atomic mass is 32.2. The van der Waals surface area contributed by atoms with Crippen LogP contribution in [0.15, 0.2) is 24.4 Å². The lowest BCUT2D eigenvalue weighted by Crippen LogP contribution is -2.54. The smallest absolute Gasteiger partial charge is 0.228 e. The van der Waals surface area contributed by atoms with Crippen LogP contribution in [0.1, 0.15) is 50.0 Å². The number of fused-ring (bicyclic) bond motifs is 1. The second kappa shape index (κ2) is 10.8. The van der Waals surface area contributed by atoms with E-state index in [1.807, 2.05) is 22.8 Å². The summed E-state index contributed by atoms with van der Waals surface area (Å²) in [5.41, 5.74) is 2.51. The Bertz CT molecular complexity index is 1170. The molecule has 10 heteroatoms. The second-order valence-corrected chi connectivity index (χ2v) is 12.6. The lowest BCUT2D eigenvalue weighted by molar-refractivity contribution is -0.138. The Balaban J connectivity index is 1.17. The van der Waals surface area contributed by atoms with Crippen LogP contribution in [0.25, 0.3) is 10.9 Å². The van der Waals surface area contributed by atoms with Gasteiger partial charge in [-0.1, -0.05) is 6.07 Å². The largest absolute Gasteiger partial charge is 0.381 e. The lowest BCUT2D eigenvalue weighted by Gasteiger charge is -2.40. The summed E-state index contributed by atoms with van der Waals surface area (Å²) >= 11 is 0. The molecule has 1 amide bonds. The summed E-state index contributed by atoms with van der Waals surface area (Å²) in [6, 6.07) is 6.42. The van der Waals surface area contributed by atoms with Crippen LogP contribution in [0.2, 0.25) is 0 Å². The third-order valence-corrected chi connectivity index (χ3v) is 8.88. The standard InChI is InChI=1S/C26H38N4O5S/c1-29-25-8-5-19(13-21(25)14-27-29)18-3-6-23(7-4-18)35-17-22-15-30(26(31)20-10-12-34-16-20)11-9-24(22)28-36(2,32)33/h5,8,13-14,18,20,22-24,28H,3-4,6-7,9-12,15-17H2,1-2H3/t18?,20?,22-,23?,24-/m0/s1. The minimum absolute atomic E-state index is 0.0644. The molecule has 5 rings (SSSR count). The maximum atomic E-state index is 13.0. The summed E-state index contributed by atoms with van der Waals surface area (Å²) < 4.78 is 40.4. The Morgan fingerprint density at radius 2 is 2.00 bits per heavy atom. The number of carbonyl (C=O) groups excluding carboxylic acids is 1. The second-order valence-electron chi connectivity index (χ2n) is 10.8. The van der Waals surface area contributed by atoms with E-state index in [0.29, 0.717) is 45.2 Å². The van der Waals surface area contributed by atoms with Crippen molar-refractivity contribution in [3.05, 3.63) is 30.0 Å². The SMILES string of the molecule is Cn1ncc2cc(C3CCC(OC[C@@H]4CN(C(=O)C5CCOC5)CC[C@@H]4NS(C)(=O)=O)CC3)ccc21. The molecule has 3 fully saturated rings. The van der Waals surface area contributed by atoms with Crippen molar-refractivity contribution in [1.82, 2.24) is 19.4 Å². The number of amides is 1. The van der Waals surface area contributed by atoms with Gasteiger partial charge in [0.1, 0.15) is 0 Å². The van der Waals surface area contributed by atoms with Gasteiger partial charge < -0.3 is 14.4 Å². The molecule has 9 nitrogen and oxygen atoms in total. The van der Waals surface area contributed by atoms with Crippen molar-refractivity contribution in [3.63, 3.8) is 0 Å². The number of piperidine rings is 1. The van der Waals surface area contributed by atoms with E-state index in [1.165, 1.54) is 17.2 Å². The van der Waals surface area contributed by atoms with E-state index in [0.717, 1.165) is 37.6 Å². The van der Waals surface area contributed by atoms with Gasteiger partial charge in [-0.25, -0.2) is 13.1 Å². The van der Waals surface area contributed by atoms with Crippen molar-refractivity contribution >= 4 is 26.8 Å². The molecule has 1 aromatic carbocycles. The zero-order valence-corrected chi connectivity index (χ0v) is 22.1. The van der Waals surface area contributed by atoms with Gasteiger partial charge in [-0.15, -0.1) is 0 Å². The van der Waals surface area contributed by atoms with Gasteiger partial charge in [-0.05, 0) is 62.1 Å². The number of likely N-dealkylation sites (tertiary alicyclic amines) is 1. The van der Waals surface area contributed by atoms with E-state index in [-0.39, 0.29) is 29.9 Å². The molecule has 0 spiro atoms. The maximum Gasteiger partial charge on any atom is 0.228 e. The zero-order valence-electron chi connectivity index (χ0n) is 21.3. The topological polar surface area (TPSA) is 103 Å². The predicted molar refractivity (Wildman–Crippen MR) is 137 cm³/mol. The molecule has 3 heterocycles. The predicted octanol–water partition coefficient (Wildman–Crippen LogP) is 2.42. The molecule has 1 saturated carbocycles. The Morgan fingerprint density at radius 1 is 1.19 bits per heavy atom. The van der Waals surface area contributed by atoms with E-state index >= 15 is 0 Å². The number of ether oxygens (including phenoxy) is 2. The highest BCUT2D eigenvalue weighted by Crippen LogP contribution is 2.35. The van der Waals surface area contributed by atoms with E-state index in [1.54, 1.807) is 0 Å². The molecule has 0 radical (unpaired) electrons. The quantitative estimate of drug-likeness (QED) is 0.604. The summed E-state index contributed by atoms with van der Waals surface area (Å²) in [4.78, 5) is 14.8. The number of nitrogens with zero attached hydrogens (tertiary/aromatic N) is 3. The van der Waals surface area contributed by atoms with Crippen LogP contribution in [0.4, 0.5) is 0 Å². The first-order chi connectivity index (χ1) is 17.3. The van der Waals surface area contributed by atoms with E-state index < -0.39 is 10.0 Å². The van der Waals surface area contributed by atoms with Gasteiger partial charge in [0, 0.05) is 44.1 Å². The lowest BCUT2D eigenvalue weighted by atomic mass is 9.82. The van der Waals surface area contributed by atoms with Crippen LogP contribution in [0, 0.1) is 11.8 Å². The molecule has 1 N–H and O–H groups in total. The Morgan fingerprint density at radius 3 is 2.72 bits per heavy atom. The van der Waals surface area contributed by atoms with Gasteiger partial charge in [-0.3, -0.25) is 9.48 Å². The number of rotatable bonds is 7. The zero-order chi connectivity index (χ0) is 25.3. The fourth-order valence-corrected chi connectivity index (χ4v) is 6.94. The summed E-state index contributed by atoms with van der Waals surface area (Å²) in [5, 5.41) is 5.53. The highest BCUT2D eigenvalue weighted by molar-refractivity contribution is 7.88. The molecule has 36 heavy (non-hydrogen) atoms. The van der Waals surface area contributed by atoms with Crippen LogP contribution in [-0.4, -0.2) is 80.3 Å². The number of benzene rings is 1. The van der Waals surface area contributed by atoms with Gasteiger partial charge in [-0.2, -0.15) is 5.10 Å². The number of hydrogen-bond acceptors (Lipinski definition) is 6. The molecule has 3 atom stereocenters. The Hall–Kier alpha value is -2.01. The number of hydrogen-bond donors (Lipinski definition) is 1. The monoisotopic (exact) mass is 518 g/mol. The van der Waals surface area contributed by atoms with Crippen LogP contribution < -0.4 is 4.72 Å². The Labute approximate surface area is 213 Å². The average molecular weight is 519 g/mol. The molecule has 0 bridgehead atoms. The molecule has 1 aliphatic carbocycles. The van der Waals surface area contributed by atoms with Crippen LogP contribution in [0.3, 0.4) is 0 Å². The first-order valence-electron chi connectivity index (χ1n) is 13.1. The number of nitrogens with one attached hydrogen (secondary N) is 1. The van der Waals surface area contributed by atoms with E-state index in [2.05, 4.69) is 28.0 Å². The maximum absolute atomic E-state index is 13.0. The van der Waals surface area contributed by atoms with Crippen LogP contribution in [0.5, 0.6) is 0 Å². The van der Waals surface area contributed by atoms with Gasteiger partial charge in [0.05, 0.1) is 43.2 Å². The normalized spacial score (nSPS) is 29.6. The fourth-order valence-electron chi connectivity index (χ4n) is 6.08. The van der Waals surface area contributed by atoms with Crippen molar-refractivity contribution in [1.29, 1.82) is 0 Å². The molecule has 2 saturated heterocycles. The van der Waals surface area contributed by atoms with Crippen LogP contribution in [-0.2, 0) is 31.3 Å². The van der Waals surface area contributed by atoms with Gasteiger partial charge in [0.2, 0.25) is 15.9 Å². The molecular weight excluding hydrogens is 480 g/mol. The summed E-state index contributed by atoms with van der Waals surface area (Å²) in [6.45, 7) is 2.65. The molecule has 2 aromatic rings. The van der Waals surface area contributed by atoms with Gasteiger partial charge in [0.15, 0.2) is 0 Å². The average Bonchev–Trinajstić information content (AvgIpc) is 3.53. The molecule has 198 valence electrons. The van der Waals surface area contributed by atoms with E-state index in [9.17, 15) is 13.2 Å². The molecule has 2 aliphatic heterocycles. The van der Waals surface area contributed by atoms with Crippen molar-refractivity contribution in [2.75, 3.05) is 39.2 Å². The number of aromatic nitrogens is 2. The minimum atomic E-state index is -3.34. The first kappa shape index (κ1) is 25.6. The van der Waals surface area contributed by atoms with Crippen molar-refractivity contribution in [3.8, 4) is 0 Å². The van der Waals surface area contributed by atoms with Gasteiger partial charge >= 0.3 is 0 Å². The summed E-state index contributed by atoms with van der Waals surface area (Å²) in [6.07, 6.45) is 8.74. The first-order valence-corrected chi connectivity index (χ1v) is 15.0. The number of sulfonamides is 1. The van der Waals surface area contributed by atoms with Crippen LogP contribution >= 0.6 is 0 Å². The summed E-state index contributed by atoms with van der Waals surface area (Å²) in [7, 11) is -1.38. The third kappa shape index (κ3) is 5.93. The van der Waals surface area contributed by atoms with Gasteiger partial charge in [0.25, 0.3) is 0 Å². The van der Waals surface area contributed by atoms with Crippen molar-refractivity contribution < 1.29 is 22.7 Å². The fraction of sp³-hybridized carbons (Fsp3) is 0.692. The molecule has 3 aliphatic rings. The van der Waals surface area contributed by atoms with E-state index in [4.69, 9.17) is 9.47 Å². The number of aryl methyl sites for hydroxylation is 1. The van der Waals surface area contributed by atoms with Crippen molar-refractivity contribution in [2.24, 2.45) is 18.9 Å². The van der Waals surface area contributed by atoms with Crippen molar-refractivity contribution in [2.45, 2.75) is 56.6 Å². The molecule has 1 unspecified atom stereocenters. The summed E-state index contributed by atoms with van der Waals surface area (Å²) in [5.74, 6) is 0.504. The highest BCUT2D eigenvalue weighted by Gasteiger charge is 2.37. The molecule has 1 aromatic heterocycles. The molecular formula is C26H38N4O5S. The minimum Gasteiger partial charge on any atom is -0.381 e. The number of carbonyl (C=O) groups is 1.